The molecule has 1 amide bonds. The first-order valence-electron chi connectivity index (χ1n) is 8.72. The molecule has 1 aromatic heterocycles. The monoisotopic (exact) mass is 414 g/mol. The van der Waals surface area contributed by atoms with Crippen molar-refractivity contribution in [3.63, 3.8) is 0 Å². The molecule has 1 aliphatic rings. The van der Waals surface area contributed by atoms with Gasteiger partial charge in [-0.05, 0) is 62.2 Å². The molecule has 1 aromatic carbocycles. The van der Waals surface area contributed by atoms with Crippen molar-refractivity contribution < 1.29 is 27.4 Å². The number of carbonyl (C=O) groups is 1. The van der Waals surface area contributed by atoms with Crippen LogP contribution in [-0.4, -0.2) is 29.6 Å². The Morgan fingerprint density at radius 3 is 2.46 bits per heavy atom. The Bertz CT molecular complexity index is 816. The van der Waals surface area contributed by atoms with Crippen molar-refractivity contribution in [3.8, 4) is 16.2 Å². The van der Waals surface area contributed by atoms with Gasteiger partial charge in [-0.2, -0.15) is 0 Å². The van der Waals surface area contributed by atoms with Gasteiger partial charge in [-0.25, -0.2) is 15.2 Å². The van der Waals surface area contributed by atoms with Crippen molar-refractivity contribution >= 4 is 17.4 Å². The maximum absolute atomic E-state index is 12.3. The van der Waals surface area contributed by atoms with E-state index in [2.05, 4.69) is 10.2 Å². The van der Waals surface area contributed by atoms with Gasteiger partial charge in [-0.15, -0.1) is 24.5 Å². The Balaban J connectivity index is 1.68. The minimum Gasteiger partial charge on any atom is -0.443 e. The zero-order valence-corrected chi connectivity index (χ0v) is 16.5. The van der Waals surface area contributed by atoms with Gasteiger partial charge in [-0.3, -0.25) is 0 Å². The summed E-state index contributed by atoms with van der Waals surface area (Å²) >= 11 is 1.57. The van der Waals surface area contributed by atoms with Crippen molar-refractivity contribution in [2.45, 2.75) is 45.7 Å². The summed E-state index contributed by atoms with van der Waals surface area (Å²) in [7, 11) is 0. The average molecular weight is 414 g/mol. The summed E-state index contributed by atoms with van der Waals surface area (Å²) in [5, 5.41) is 1.47. The first kappa shape index (κ1) is 20.5. The molecule has 5 nitrogen and oxygen atoms in total. The summed E-state index contributed by atoms with van der Waals surface area (Å²) in [6.07, 6.45) is -4.45. The van der Waals surface area contributed by atoms with E-state index in [4.69, 9.17) is 4.74 Å². The second-order valence-corrected chi connectivity index (χ2v) is 8.48. The number of benzene rings is 1. The Labute approximate surface area is 165 Å². The molecular weight excluding hydrogens is 393 g/mol. The van der Waals surface area contributed by atoms with Gasteiger partial charge >= 0.3 is 12.5 Å². The molecule has 2 heterocycles. The number of alkyl halides is 3. The Kier molecular flexibility index (Phi) is 5.58. The molecule has 0 fully saturated rings. The summed E-state index contributed by atoms with van der Waals surface area (Å²) < 4.78 is 46.1. The predicted octanol–water partition coefficient (Wildman–Crippen LogP) is 5.11. The first-order chi connectivity index (χ1) is 13.0. The number of hydrazine groups is 1. The third-order valence-electron chi connectivity index (χ3n) is 3.91. The van der Waals surface area contributed by atoms with Gasteiger partial charge in [-0.1, -0.05) is 0 Å². The molecular formula is C19H21F3N2O3S. The molecule has 9 heteroatoms. The highest BCUT2D eigenvalue weighted by Crippen LogP contribution is 2.34. The molecule has 0 saturated heterocycles. The lowest BCUT2D eigenvalue weighted by Crippen LogP contribution is -2.45. The van der Waals surface area contributed by atoms with Crippen LogP contribution in [0.25, 0.3) is 10.4 Å². The fourth-order valence-corrected chi connectivity index (χ4v) is 3.91. The highest BCUT2D eigenvalue weighted by molar-refractivity contribution is 7.15. The maximum Gasteiger partial charge on any atom is 0.573 e. The second-order valence-electron chi connectivity index (χ2n) is 7.35. The molecule has 1 aliphatic heterocycles. The molecule has 2 aromatic rings. The number of ether oxygens (including phenoxy) is 2. The summed E-state index contributed by atoms with van der Waals surface area (Å²) in [5.74, 6) is -0.246. The van der Waals surface area contributed by atoms with Crippen LogP contribution in [0, 0.1) is 0 Å². The largest absolute Gasteiger partial charge is 0.573 e. The van der Waals surface area contributed by atoms with E-state index in [1.165, 1.54) is 17.1 Å². The topological polar surface area (TPSA) is 50.8 Å². The van der Waals surface area contributed by atoms with Crippen molar-refractivity contribution in [1.82, 2.24) is 10.4 Å². The van der Waals surface area contributed by atoms with E-state index in [1.54, 1.807) is 23.5 Å². The number of hydrogen-bond acceptors (Lipinski definition) is 5. The summed E-state index contributed by atoms with van der Waals surface area (Å²) in [4.78, 5) is 14.3. The average Bonchev–Trinajstić information content (AvgIpc) is 2.85. The van der Waals surface area contributed by atoms with E-state index in [0.717, 1.165) is 20.9 Å². The van der Waals surface area contributed by atoms with Gasteiger partial charge in [0.2, 0.25) is 0 Å². The van der Waals surface area contributed by atoms with E-state index in [0.29, 0.717) is 19.5 Å². The molecule has 28 heavy (non-hydrogen) atoms. The van der Waals surface area contributed by atoms with Crippen molar-refractivity contribution in [2.24, 2.45) is 0 Å². The lowest BCUT2D eigenvalue weighted by atomic mass is 10.1. The molecule has 1 N–H and O–H groups in total. The van der Waals surface area contributed by atoms with Crippen LogP contribution in [0.2, 0.25) is 0 Å². The number of nitrogens with one attached hydrogen (secondary N) is 1. The van der Waals surface area contributed by atoms with Crippen LogP contribution in [0.4, 0.5) is 18.0 Å². The quantitative estimate of drug-likeness (QED) is 0.742. The van der Waals surface area contributed by atoms with Gasteiger partial charge in [0.15, 0.2) is 0 Å². The Hall–Kier alpha value is -2.26. The third kappa shape index (κ3) is 5.39. The zero-order chi connectivity index (χ0) is 20.5. The number of carbonyl (C=O) groups excluding carboxylic acids is 1. The van der Waals surface area contributed by atoms with E-state index >= 15 is 0 Å². The van der Waals surface area contributed by atoms with Gasteiger partial charge in [0.1, 0.15) is 11.4 Å². The van der Waals surface area contributed by atoms with Crippen molar-refractivity contribution in [2.75, 3.05) is 6.54 Å². The maximum atomic E-state index is 12.3. The predicted molar refractivity (Wildman–Crippen MR) is 99.9 cm³/mol. The van der Waals surface area contributed by atoms with Gasteiger partial charge in [0, 0.05) is 29.3 Å². The zero-order valence-electron chi connectivity index (χ0n) is 15.7. The third-order valence-corrected chi connectivity index (χ3v) is 5.19. The van der Waals surface area contributed by atoms with E-state index in [9.17, 15) is 18.0 Å². The van der Waals surface area contributed by atoms with Crippen LogP contribution < -0.4 is 10.2 Å². The van der Waals surface area contributed by atoms with E-state index in [-0.39, 0.29) is 5.75 Å². The number of hydrogen-bond donors (Lipinski definition) is 1. The standard InChI is InChI=1S/C19H21F3N2O3S/c1-18(2,3)27-17(25)24-9-8-15-13(11-23-24)10-16(28-15)12-4-6-14(7-5-12)26-19(20,21)22/h4-7,10,23H,8-9,11H2,1-3H3. The van der Waals surface area contributed by atoms with Crippen LogP contribution in [0.15, 0.2) is 30.3 Å². The molecule has 0 aliphatic carbocycles. The smallest absolute Gasteiger partial charge is 0.443 e. The Morgan fingerprint density at radius 1 is 1.18 bits per heavy atom. The molecule has 152 valence electrons. The van der Waals surface area contributed by atoms with Crippen LogP contribution in [-0.2, 0) is 17.7 Å². The molecule has 0 saturated carbocycles. The van der Waals surface area contributed by atoms with Gasteiger partial charge in [0.25, 0.3) is 0 Å². The summed E-state index contributed by atoms with van der Waals surface area (Å²) in [6.45, 7) is 6.39. The molecule has 0 radical (unpaired) electrons. The molecule has 3 rings (SSSR count). The van der Waals surface area contributed by atoms with Crippen LogP contribution in [0.1, 0.15) is 31.2 Å². The molecule has 0 atom stereocenters. The van der Waals surface area contributed by atoms with E-state index < -0.39 is 18.1 Å². The van der Waals surface area contributed by atoms with E-state index in [1.807, 2.05) is 26.8 Å². The Morgan fingerprint density at radius 2 is 1.86 bits per heavy atom. The highest BCUT2D eigenvalue weighted by Gasteiger charge is 2.31. The van der Waals surface area contributed by atoms with Crippen molar-refractivity contribution in [1.29, 1.82) is 0 Å². The SMILES string of the molecule is CC(C)(C)OC(=O)N1CCc2sc(-c3ccc(OC(F)(F)F)cc3)cc2CN1. The number of fused-ring (bicyclic) bond motifs is 1. The number of nitrogens with zero attached hydrogens (tertiary/aromatic N) is 1. The van der Waals surface area contributed by atoms with Crippen molar-refractivity contribution in [3.05, 3.63) is 40.8 Å². The normalized spacial score (nSPS) is 15.0. The summed E-state index contributed by atoms with van der Waals surface area (Å²) in [5.41, 5.74) is 4.39. The van der Waals surface area contributed by atoms with Crippen LogP contribution >= 0.6 is 11.3 Å². The lowest BCUT2D eigenvalue weighted by molar-refractivity contribution is -0.274. The van der Waals surface area contributed by atoms with Gasteiger partial charge < -0.3 is 9.47 Å². The highest BCUT2D eigenvalue weighted by atomic mass is 32.1. The number of rotatable bonds is 2. The second kappa shape index (κ2) is 7.63. The molecule has 0 spiro atoms. The number of halogens is 3. The number of amides is 1. The van der Waals surface area contributed by atoms with Crippen LogP contribution in [0.3, 0.4) is 0 Å². The lowest BCUT2D eigenvalue weighted by Gasteiger charge is -2.26. The van der Waals surface area contributed by atoms with Crippen LogP contribution in [0.5, 0.6) is 5.75 Å². The fraction of sp³-hybridized carbons (Fsp3) is 0.421. The minimum absolute atomic E-state index is 0.246. The first-order valence-corrected chi connectivity index (χ1v) is 9.54. The molecule has 0 bridgehead atoms. The van der Waals surface area contributed by atoms with Gasteiger partial charge in [0.05, 0.1) is 0 Å². The minimum atomic E-state index is -4.70. The summed E-state index contributed by atoms with van der Waals surface area (Å²) in [6, 6.07) is 7.80. The number of thiophene rings is 1. The molecule has 0 unspecified atom stereocenters. The fourth-order valence-electron chi connectivity index (χ4n) is 2.74.